The number of hydrogen-bond acceptors (Lipinski definition) is 5. The summed E-state index contributed by atoms with van der Waals surface area (Å²) >= 11 is 11.5. The van der Waals surface area contributed by atoms with E-state index in [2.05, 4.69) is 20.5 Å². The molecule has 0 amide bonds. The lowest BCUT2D eigenvalue weighted by atomic mass is 10.3. The van der Waals surface area contributed by atoms with Gasteiger partial charge in [0.2, 0.25) is 5.28 Å². The molecule has 0 aliphatic rings. The van der Waals surface area contributed by atoms with Crippen LogP contribution in [0.25, 0.3) is 0 Å². The molecule has 0 fully saturated rings. The van der Waals surface area contributed by atoms with Crippen molar-refractivity contribution in [2.45, 2.75) is 6.92 Å². The smallest absolute Gasteiger partial charge is 0.245 e. The van der Waals surface area contributed by atoms with Crippen LogP contribution < -0.4 is 10.1 Å². The molecule has 2 rings (SSSR count). The van der Waals surface area contributed by atoms with E-state index in [-0.39, 0.29) is 10.4 Å². The second-order valence-electron chi connectivity index (χ2n) is 3.30. The van der Waals surface area contributed by atoms with Gasteiger partial charge in [-0.25, -0.2) is 0 Å². The second-order valence-corrected chi connectivity index (χ2v) is 4.00. The largest absolute Gasteiger partial charge is 0.494 e. The van der Waals surface area contributed by atoms with Crippen molar-refractivity contribution < 1.29 is 4.74 Å². The van der Waals surface area contributed by atoms with Crippen LogP contribution in [0.4, 0.5) is 11.5 Å². The highest BCUT2D eigenvalue weighted by atomic mass is 35.5. The highest BCUT2D eigenvalue weighted by Gasteiger charge is 2.06. The van der Waals surface area contributed by atoms with Gasteiger partial charge in [-0.15, -0.1) is 10.2 Å². The number of nitrogens with zero attached hydrogens (tertiary/aromatic N) is 3. The molecule has 0 unspecified atom stereocenters. The third-order valence-electron chi connectivity index (χ3n) is 2.05. The first kappa shape index (κ1) is 12.9. The number of hydrogen-bond donors (Lipinski definition) is 1. The summed E-state index contributed by atoms with van der Waals surface area (Å²) in [6.45, 7) is 2.56. The fraction of sp³-hybridized carbons (Fsp3) is 0.182. The number of ether oxygens (including phenoxy) is 1. The van der Waals surface area contributed by atoms with Crippen LogP contribution in [0.15, 0.2) is 24.3 Å². The van der Waals surface area contributed by atoms with Crippen LogP contribution in [0.5, 0.6) is 5.75 Å². The van der Waals surface area contributed by atoms with Crippen molar-refractivity contribution in [2.75, 3.05) is 11.9 Å². The van der Waals surface area contributed by atoms with Crippen molar-refractivity contribution in [3.63, 3.8) is 0 Å². The maximum atomic E-state index is 5.85. The van der Waals surface area contributed by atoms with Crippen LogP contribution >= 0.6 is 23.2 Å². The van der Waals surface area contributed by atoms with Gasteiger partial charge >= 0.3 is 0 Å². The van der Waals surface area contributed by atoms with Gasteiger partial charge in [-0.2, -0.15) is 4.98 Å². The highest BCUT2D eigenvalue weighted by Crippen LogP contribution is 2.23. The van der Waals surface area contributed by atoms with Gasteiger partial charge in [-0.3, -0.25) is 0 Å². The van der Waals surface area contributed by atoms with E-state index in [4.69, 9.17) is 27.9 Å². The average molecular weight is 285 g/mol. The molecule has 1 aromatic carbocycles. The minimum absolute atomic E-state index is 0.0350. The third-order valence-corrected chi connectivity index (χ3v) is 2.46. The molecular formula is C11H10Cl2N4O. The maximum absolute atomic E-state index is 5.85. The summed E-state index contributed by atoms with van der Waals surface area (Å²) in [5, 5.41) is 10.4. The summed E-state index contributed by atoms with van der Waals surface area (Å²) in [7, 11) is 0. The third kappa shape index (κ3) is 3.21. The minimum Gasteiger partial charge on any atom is -0.494 e. The number of benzene rings is 1. The molecule has 0 saturated carbocycles. The van der Waals surface area contributed by atoms with Crippen LogP contribution in [0, 0.1) is 0 Å². The van der Waals surface area contributed by atoms with Crippen LogP contribution in [-0.2, 0) is 0 Å². The number of aromatic nitrogens is 3. The Labute approximate surface area is 114 Å². The van der Waals surface area contributed by atoms with E-state index in [9.17, 15) is 0 Å². The summed E-state index contributed by atoms with van der Waals surface area (Å²) in [6, 6.07) is 7.38. The van der Waals surface area contributed by atoms with Crippen molar-refractivity contribution in [1.29, 1.82) is 0 Å². The van der Waals surface area contributed by atoms with E-state index in [0.717, 1.165) is 11.4 Å². The molecule has 18 heavy (non-hydrogen) atoms. The van der Waals surface area contributed by atoms with E-state index in [1.54, 1.807) is 0 Å². The first-order chi connectivity index (χ1) is 8.69. The normalized spacial score (nSPS) is 10.2. The zero-order valence-corrected chi connectivity index (χ0v) is 11.0. The molecule has 0 spiro atoms. The molecule has 0 aliphatic heterocycles. The van der Waals surface area contributed by atoms with E-state index in [1.807, 2.05) is 31.2 Å². The summed E-state index contributed by atoms with van der Waals surface area (Å²) in [5.74, 6) is 1.16. The Morgan fingerprint density at radius 3 is 2.56 bits per heavy atom. The standard InChI is InChI=1S/C11H10Cl2N4O/c1-2-18-8-5-3-7(4-6-8)14-10-9(12)16-17-11(13)15-10/h3-6H,2H2,1H3,(H,14,15,17). The molecule has 94 valence electrons. The SMILES string of the molecule is CCOc1ccc(Nc2nc(Cl)nnc2Cl)cc1. The lowest BCUT2D eigenvalue weighted by Gasteiger charge is -2.07. The van der Waals surface area contributed by atoms with E-state index in [1.165, 1.54) is 0 Å². The monoisotopic (exact) mass is 284 g/mol. The van der Waals surface area contributed by atoms with Gasteiger partial charge < -0.3 is 10.1 Å². The van der Waals surface area contributed by atoms with E-state index < -0.39 is 0 Å². The molecule has 0 saturated heterocycles. The van der Waals surface area contributed by atoms with Crippen molar-refractivity contribution in [3.05, 3.63) is 34.7 Å². The number of rotatable bonds is 4. The van der Waals surface area contributed by atoms with Gasteiger partial charge in [-0.05, 0) is 42.8 Å². The Bertz CT molecular complexity index is 533. The molecule has 7 heteroatoms. The van der Waals surface area contributed by atoms with Crippen molar-refractivity contribution in [1.82, 2.24) is 15.2 Å². The summed E-state index contributed by atoms with van der Waals surface area (Å²) in [6.07, 6.45) is 0. The van der Waals surface area contributed by atoms with Crippen LogP contribution in [0.3, 0.4) is 0 Å². The number of nitrogens with one attached hydrogen (secondary N) is 1. The molecule has 1 aromatic heterocycles. The van der Waals surface area contributed by atoms with Crippen molar-refractivity contribution in [3.8, 4) is 5.75 Å². The number of halogens is 2. The molecule has 0 atom stereocenters. The molecule has 5 nitrogen and oxygen atoms in total. The highest BCUT2D eigenvalue weighted by molar-refractivity contribution is 6.32. The molecule has 1 N–H and O–H groups in total. The van der Waals surface area contributed by atoms with Crippen molar-refractivity contribution >= 4 is 34.7 Å². The van der Waals surface area contributed by atoms with Gasteiger partial charge in [0.25, 0.3) is 0 Å². The van der Waals surface area contributed by atoms with Gasteiger partial charge in [0.05, 0.1) is 6.61 Å². The van der Waals surface area contributed by atoms with Gasteiger partial charge in [-0.1, -0.05) is 11.6 Å². The van der Waals surface area contributed by atoms with E-state index in [0.29, 0.717) is 12.4 Å². The molecule has 1 heterocycles. The Balaban J connectivity index is 2.15. The number of anilines is 2. The maximum Gasteiger partial charge on any atom is 0.245 e. The topological polar surface area (TPSA) is 59.9 Å². The fourth-order valence-corrected chi connectivity index (χ4v) is 1.56. The Hall–Kier alpha value is -1.59. The summed E-state index contributed by atoms with van der Waals surface area (Å²) in [4.78, 5) is 3.94. The molecule has 0 radical (unpaired) electrons. The zero-order valence-electron chi connectivity index (χ0n) is 9.52. The Morgan fingerprint density at radius 2 is 1.89 bits per heavy atom. The predicted molar refractivity (Wildman–Crippen MR) is 70.7 cm³/mol. The molecule has 0 aliphatic carbocycles. The lowest BCUT2D eigenvalue weighted by Crippen LogP contribution is -1.99. The summed E-state index contributed by atoms with van der Waals surface area (Å²) < 4.78 is 5.34. The van der Waals surface area contributed by atoms with Gasteiger partial charge in [0.15, 0.2) is 11.0 Å². The Morgan fingerprint density at radius 1 is 1.17 bits per heavy atom. The lowest BCUT2D eigenvalue weighted by molar-refractivity contribution is 0.340. The minimum atomic E-state index is 0.0350. The second kappa shape index (κ2) is 5.84. The predicted octanol–water partition coefficient (Wildman–Crippen LogP) is 3.32. The molecule has 0 bridgehead atoms. The fourth-order valence-electron chi connectivity index (χ4n) is 1.31. The van der Waals surface area contributed by atoms with Crippen LogP contribution in [0.1, 0.15) is 6.92 Å². The summed E-state index contributed by atoms with van der Waals surface area (Å²) in [5.41, 5.74) is 0.803. The first-order valence-corrected chi connectivity index (χ1v) is 6.00. The van der Waals surface area contributed by atoms with Crippen molar-refractivity contribution in [2.24, 2.45) is 0 Å². The van der Waals surface area contributed by atoms with Gasteiger partial charge in [0, 0.05) is 5.69 Å². The molecule has 2 aromatic rings. The molecular weight excluding hydrogens is 275 g/mol. The first-order valence-electron chi connectivity index (χ1n) is 5.24. The quantitative estimate of drug-likeness (QED) is 0.933. The van der Waals surface area contributed by atoms with E-state index >= 15 is 0 Å². The van der Waals surface area contributed by atoms with Gasteiger partial charge in [0.1, 0.15) is 5.75 Å². The Kier molecular flexibility index (Phi) is 4.17. The van der Waals surface area contributed by atoms with Crippen LogP contribution in [-0.4, -0.2) is 21.8 Å². The van der Waals surface area contributed by atoms with Crippen LogP contribution in [0.2, 0.25) is 10.4 Å². The average Bonchev–Trinajstić information content (AvgIpc) is 2.37. The zero-order chi connectivity index (χ0) is 13.0.